The van der Waals surface area contributed by atoms with Gasteiger partial charge in [-0.25, -0.2) is 14.4 Å². The Morgan fingerprint density at radius 1 is 0.683 bits per heavy atom. The summed E-state index contributed by atoms with van der Waals surface area (Å²) in [6, 6.07) is 3.24. The van der Waals surface area contributed by atoms with E-state index in [1.807, 2.05) is 34.6 Å². The van der Waals surface area contributed by atoms with Gasteiger partial charge in [0.15, 0.2) is 11.5 Å². The zero-order valence-corrected chi connectivity index (χ0v) is 25.5. The van der Waals surface area contributed by atoms with E-state index in [-0.39, 0.29) is 36.4 Å². The second-order valence-electron chi connectivity index (χ2n) is 10.5. The van der Waals surface area contributed by atoms with E-state index < -0.39 is 54.9 Å². The maximum atomic E-state index is 12.6. The number of esters is 1. The molecule has 0 saturated carbocycles. The van der Waals surface area contributed by atoms with E-state index in [0.29, 0.717) is 12.0 Å². The Balaban J connectivity index is 2.99. The molecule has 232 valence electrons. The van der Waals surface area contributed by atoms with Crippen LogP contribution < -0.4 is 15.2 Å². The highest BCUT2D eigenvalue weighted by molar-refractivity contribution is 5.76. The lowest BCUT2D eigenvalue weighted by molar-refractivity contribution is -0.155. The number of nitrogens with two attached hydrogens (primary N) is 1. The van der Waals surface area contributed by atoms with Crippen LogP contribution in [0.25, 0.3) is 0 Å². The molecule has 0 spiro atoms. The molecule has 1 rings (SSSR count). The second-order valence-corrected chi connectivity index (χ2v) is 10.5. The van der Waals surface area contributed by atoms with Gasteiger partial charge < -0.3 is 38.9 Å². The SMILES string of the molecule is CCCOC(=O)O[C@@H](C)[C@H](C)OC(=O)[C@@H](N)Cc1ccc(OC(=O)OC(C)C(C)C)c(OC(=O)OC(C)C(C)C)c1. The number of rotatable bonds is 14. The van der Waals surface area contributed by atoms with Gasteiger partial charge in [0.05, 0.1) is 6.61 Å². The van der Waals surface area contributed by atoms with Gasteiger partial charge in [-0.1, -0.05) is 40.7 Å². The first kappa shape index (κ1) is 35.5. The largest absolute Gasteiger partial charge is 0.514 e. The smallest absolute Gasteiger partial charge is 0.458 e. The molecule has 0 fully saturated rings. The van der Waals surface area contributed by atoms with Crippen LogP contribution in [-0.2, 0) is 34.9 Å². The third-order valence-electron chi connectivity index (χ3n) is 6.26. The minimum atomic E-state index is -1.11. The molecule has 0 heterocycles. The number of carbonyl (C=O) groups excluding carboxylic acids is 4. The third kappa shape index (κ3) is 13.1. The molecule has 0 aliphatic carbocycles. The molecule has 2 N–H and O–H groups in total. The van der Waals surface area contributed by atoms with Gasteiger partial charge in [-0.2, -0.15) is 0 Å². The Labute approximate surface area is 242 Å². The number of carbonyl (C=O) groups is 4. The fraction of sp³-hybridized carbons (Fsp3) is 0.655. The molecule has 0 aromatic heterocycles. The Morgan fingerprint density at radius 2 is 1.17 bits per heavy atom. The molecule has 1 aromatic rings. The highest BCUT2D eigenvalue weighted by atomic mass is 16.8. The van der Waals surface area contributed by atoms with Crippen molar-refractivity contribution < 1.29 is 52.3 Å². The standard InChI is InChI=1S/C29H45NO11/c1-10-13-35-27(32)39-21(9)20(8)36-26(31)23(30)14-22-11-12-24(40-28(33)37-18(6)16(2)3)25(15-22)41-29(34)38-19(7)17(4)5/h11-12,15-21,23H,10,13-14,30H2,1-9H3/t18?,19?,20-,21-,23-/m0/s1. The molecule has 41 heavy (non-hydrogen) atoms. The normalized spacial score (nSPS) is 14.7. The van der Waals surface area contributed by atoms with Gasteiger partial charge in [0.1, 0.15) is 30.5 Å². The summed E-state index contributed by atoms with van der Waals surface area (Å²) in [6.07, 6.45) is -4.62. The molecule has 0 radical (unpaired) electrons. The van der Waals surface area contributed by atoms with Crippen LogP contribution in [0, 0.1) is 11.8 Å². The van der Waals surface area contributed by atoms with Crippen LogP contribution in [0.4, 0.5) is 14.4 Å². The molecule has 12 heteroatoms. The summed E-state index contributed by atoms with van der Waals surface area (Å²) in [7, 11) is 0. The van der Waals surface area contributed by atoms with Crippen molar-refractivity contribution in [3.05, 3.63) is 23.8 Å². The van der Waals surface area contributed by atoms with Crippen LogP contribution in [0.3, 0.4) is 0 Å². The van der Waals surface area contributed by atoms with Crippen LogP contribution in [0.2, 0.25) is 0 Å². The van der Waals surface area contributed by atoms with Crippen LogP contribution in [0.5, 0.6) is 11.5 Å². The summed E-state index contributed by atoms with van der Waals surface area (Å²) in [5.41, 5.74) is 6.55. The van der Waals surface area contributed by atoms with Gasteiger partial charge in [-0.3, -0.25) is 4.79 Å². The Morgan fingerprint density at radius 3 is 1.68 bits per heavy atom. The molecule has 0 aliphatic heterocycles. The van der Waals surface area contributed by atoms with Gasteiger partial charge in [0.25, 0.3) is 0 Å². The van der Waals surface area contributed by atoms with Crippen molar-refractivity contribution in [1.82, 2.24) is 0 Å². The number of hydrogen-bond donors (Lipinski definition) is 1. The number of hydrogen-bond acceptors (Lipinski definition) is 12. The van der Waals surface area contributed by atoms with E-state index >= 15 is 0 Å². The Kier molecular flexibility index (Phi) is 15.0. The van der Waals surface area contributed by atoms with Gasteiger partial charge in [0, 0.05) is 0 Å². The van der Waals surface area contributed by atoms with Crippen molar-refractivity contribution in [2.75, 3.05) is 6.61 Å². The lowest BCUT2D eigenvalue weighted by Crippen LogP contribution is -2.39. The first-order chi connectivity index (χ1) is 19.1. The quantitative estimate of drug-likeness (QED) is 0.165. The van der Waals surface area contributed by atoms with Crippen molar-refractivity contribution >= 4 is 24.4 Å². The van der Waals surface area contributed by atoms with E-state index in [9.17, 15) is 19.2 Å². The monoisotopic (exact) mass is 583 g/mol. The van der Waals surface area contributed by atoms with Gasteiger partial charge in [-0.15, -0.1) is 0 Å². The van der Waals surface area contributed by atoms with Crippen LogP contribution in [0.1, 0.15) is 74.3 Å². The highest BCUT2D eigenvalue weighted by Gasteiger charge is 2.26. The molecule has 5 atom stereocenters. The van der Waals surface area contributed by atoms with E-state index in [1.165, 1.54) is 12.1 Å². The molecule has 1 aromatic carbocycles. The van der Waals surface area contributed by atoms with E-state index in [0.717, 1.165) is 0 Å². The van der Waals surface area contributed by atoms with Crippen molar-refractivity contribution in [2.24, 2.45) is 17.6 Å². The highest BCUT2D eigenvalue weighted by Crippen LogP contribution is 2.30. The summed E-state index contributed by atoms with van der Waals surface area (Å²) < 4.78 is 36.5. The first-order valence-corrected chi connectivity index (χ1v) is 13.8. The van der Waals surface area contributed by atoms with E-state index in [1.54, 1.807) is 33.8 Å². The van der Waals surface area contributed by atoms with Gasteiger partial charge in [0.2, 0.25) is 0 Å². The molecular formula is C29H45NO11. The van der Waals surface area contributed by atoms with Crippen molar-refractivity contribution in [3.63, 3.8) is 0 Å². The average molecular weight is 584 g/mol. The molecule has 0 saturated heterocycles. The second kappa shape index (κ2) is 17.3. The zero-order chi connectivity index (χ0) is 31.3. The molecule has 0 amide bonds. The molecular weight excluding hydrogens is 538 g/mol. The fourth-order valence-electron chi connectivity index (χ4n) is 2.82. The lowest BCUT2D eigenvalue weighted by Gasteiger charge is -2.22. The summed E-state index contributed by atoms with van der Waals surface area (Å²) in [6.45, 7) is 16.2. The van der Waals surface area contributed by atoms with Gasteiger partial charge >= 0.3 is 24.4 Å². The van der Waals surface area contributed by atoms with Crippen LogP contribution >= 0.6 is 0 Å². The Bertz CT molecular complexity index is 1010. The summed E-state index contributed by atoms with van der Waals surface area (Å²) in [5, 5.41) is 0. The summed E-state index contributed by atoms with van der Waals surface area (Å²) in [4.78, 5) is 49.0. The topological polar surface area (TPSA) is 159 Å². The predicted molar refractivity (Wildman–Crippen MR) is 149 cm³/mol. The Hall–Kier alpha value is -3.54. The summed E-state index contributed by atoms with van der Waals surface area (Å²) >= 11 is 0. The lowest BCUT2D eigenvalue weighted by atomic mass is 10.1. The minimum Gasteiger partial charge on any atom is -0.458 e. The third-order valence-corrected chi connectivity index (χ3v) is 6.26. The average Bonchev–Trinajstić information content (AvgIpc) is 2.88. The van der Waals surface area contributed by atoms with Gasteiger partial charge in [-0.05, 0) is 70.1 Å². The van der Waals surface area contributed by atoms with Crippen molar-refractivity contribution in [1.29, 1.82) is 0 Å². The maximum Gasteiger partial charge on any atom is 0.514 e. The number of benzene rings is 1. The first-order valence-electron chi connectivity index (χ1n) is 13.8. The molecule has 0 aliphatic rings. The fourth-order valence-corrected chi connectivity index (χ4v) is 2.82. The predicted octanol–water partition coefficient (Wildman–Crippen LogP) is 5.56. The van der Waals surface area contributed by atoms with Crippen molar-refractivity contribution in [2.45, 2.75) is 106 Å². The van der Waals surface area contributed by atoms with Crippen LogP contribution in [0.15, 0.2) is 18.2 Å². The zero-order valence-electron chi connectivity index (χ0n) is 25.5. The molecule has 12 nitrogen and oxygen atoms in total. The number of ether oxygens (including phenoxy) is 7. The van der Waals surface area contributed by atoms with E-state index in [2.05, 4.69) is 0 Å². The summed E-state index contributed by atoms with van der Waals surface area (Å²) in [5.74, 6) is -0.858. The maximum absolute atomic E-state index is 12.6. The van der Waals surface area contributed by atoms with E-state index in [4.69, 9.17) is 38.9 Å². The van der Waals surface area contributed by atoms with Crippen LogP contribution in [-0.4, -0.2) is 61.5 Å². The molecule has 0 bridgehead atoms. The minimum absolute atomic E-state index is 0.0117. The molecule has 2 unspecified atom stereocenters. The van der Waals surface area contributed by atoms with Crippen molar-refractivity contribution in [3.8, 4) is 11.5 Å².